The minimum Gasteiger partial charge on any atom is -0.364 e. The van der Waals surface area contributed by atoms with Gasteiger partial charge in [0.25, 0.3) is 11.8 Å². The van der Waals surface area contributed by atoms with Gasteiger partial charge in [0.05, 0.1) is 23.0 Å². The van der Waals surface area contributed by atoms with Crippen molar-refractivity contribution in [3.05, 3.63) is 58.2 Å². The molecule has 0 unspecified atom stereocenters. The Morgan fingerprint density at radius 3 is 2.71 bits per heavy atom. The molecular weight excluding hydrogens is 469 g/mol. The van der Waals surface area contributed by atoms with Crippen LogP contribution in [0.2, 0.25) is 0 Å². The van der Waals surface area contributed by atoms with Crippen LogP contribution in [0, 0.1) is 12.7 Å². The van der Waals surface area contributed by atoms with Gasteiger partial charge in [-0.3, -0.25) is 9.59 Å². The van der Waals surface area contributed by atoms with E-state index in [4.69, 9.17) is 5.73 Å². The molecule has 1 saturated carbocycles. The van der Waals surface area contributed by atoms with Crippen molar-refractivity contribution in [3.8, 4) is 0 Å². The summed E-state index contributed by atoms with van der Waals surface area (Å²) in [4.78, 5) is 39.7. The van der Waals surface area contributed by atoms with Crippen molar-refractivity contribution in [1.29, 1.82) is 0 Å². The lowest BCUT2D eigenvalue weighted by atomic mass is 10.0. The van der Waals surface area contributed by atoms with Crippen molar-refractivity contribution in [2.24, 2.45) is 5.73 Å². The van der Waals surface area contributed by atoms with Crippen LogP contribution < -0.4 is 21.3 Å². The van der Waals surface area contributed by atoms with Crippen molar-refractivity contribution < 1.29 is 14.0 Å². The van der Waals surface area contributed by atoms with Gasteiger partial charge < -0.3 is 21.3 Å². The number of aryl methyl sites for hydroxylation is 1. The number of rotatable bonds is 7. The van der Waals surface area contributed by atoms with Gasteiger partial charge in [0.2, 0.25) is 0 Å². The first-order valence-electron chi connectivity index (χ1n) is 11.6. The number of amides is 2. The molecule has 0 radical (unpaired) electrons. The van der Waals surface area contributed by atoms with Gasteiger partial charge in [0.15, 0.2) is 11.5 Å². The van der Waals surface area contributed by atoms with Crippen LogP contribution in [0.3, 0.4) is 0 Å². The molecule has 35 heavy (non-hydrogen) atoms. The maximum atomic E-state index is 14.6. The molecule has 5 rings (SSSR count). The molecule has 2 aromatic heterocycles. The Hall–Kier alpha value is -3.60. The first-order chi connectivity index (χ1) is 16.9. The Morgan fingerprint density at radius 2 is 2.03 bits per heavy atom. The fourth-order valence-corrected chi connectivity index (χ4v) is 4.96. The van der Waals surface area contributed by atoms with E-state index in [0.717, 1.165) is 41.3 Å². The third-order valence-electron chi connectivity index (χ3n) is 6.22. The summed E-state index contributed by atoms with van der Waals surface area (Å²) in [5.74, 6) is -0.363. The number of nitrogens with two attached hydrogens (primary N) is 1. The molecule has 1 aliphatic heterocycles. The molecule has 1 saturated heterocycles. The number of hydrogen-bond donors (Lipinski definition) is 3. The second-order valence-corrected chi connectivity index (χ2v) is 10.2. The molecule has 1 atom stereocenters. The number of anilines is 3. The molecule has 1 aliphatic carbocycles. The van der Waals surface area contributed by atoms with Crippen LogP contribution in [0.1, 0.15) is 63.0 Å². The molecular formula is C24H26FN7O2S. The fourth-order valence-electron chi connectivity index (χ4n) is 4.29. The van der Waals surface area contributed by atoms with Crippen LogP contribution >= 0.6 is 11.3 Å². The number of nitrogens with zero attached hydrogens (tertiary/aromatic N) is 4. The zero-order valence-corrected chi connectivity index (χ0v) is 20.1. The van der Waals surface area contributed by atoms with Crippen LogP contribution in [0.4, 0.5) is 21.0 Å². The number of primary amides is 1. The van der Waals surface area contributed by atoms with E-state index in [2.05, 4.69) is 25.6 Å². The summed E-state index contributed by atoms with van der Waals surface area (Å²) in [6.07, 6.45) is 6.89. The summed E-state index contributed by atoms with van der Waals surface area (Å²) in [7, 11) is 0. The van der Waals surface area contributed by atoms with Crippen LogP contribution in [0.5, 0.6) is 0 Å². The Kier molecular flexibility index (Phi) is 6.33. The lowest BCUT2D eigenvalue weighted by Gasteiger charge is -2.34. The second-order valence-electron chi connectivity index (χ2n) is 8.93. The first kappa shape index (κ1) is 23.2. The zero-order chi connectivity index (χ0) is 24.5. The van der Waals surface area contributed by atoms with E-state index in [1.54, 1.807) is 12.3 Å². The van der Waals surface area contributed by atoms with Gasteiger partial charge in [-0.2, -0.15) is 0 Å². The molecule has 0 spiro atoms. The number of halogens is 1. The van der Waals surface area contributed by atoms with Crippen molar-refractivity contribution in [3.63, 3.8) is 0 Å². The molecule has 0 bridgehead atoms. The number of piperidine rings is 1. The summed E-state index contributed by atoms with van der Waals surface area (Å²) in [5.41, 5.74) is 6.54. The quantitative estimate of drug-likeness (QED) is 0.458. The van der Waals surface area contributed by atoms with Crippen molar-refractivity contribution in [2.45, 2.75) is 44.6 Å². The number of carbonyl (C=O) groups excluding carboxylic acids is 2. The monoisotopic (exact) mass is 495 g/mol. The minimum absolute atomic E-state index is 0.0341. The average Bonchev–Trinajstić information content (AvgIpc) is 3.61. The Balaban J connectivity index is 1.29. The highest BCUT2D eigenvalue weighted by Gasteiger charge is 2.27. The van der Waals surface area contributed by atoms with Crippen molar-refractivity contribution in [1.82, 2.24) is 20.3 Å². The molecule has 3 aromatic rings. The standard InChI is InChI=1S/C24H26FN7O2S/c1-13-27-11-20(35-13)31-23-21(22(26)33)28-10-19(30-23)32-8-2-3-16(12-32)29-24(34)17-7-6-15(9-18(17)25)14-4-5-14/h6-7,9-11,14,16H,2-5,8,12H2,1H3,(H2,26,33)(H,29,34)(H,30,31)/t16-/m1/s1. The summed E-state index contributed by atoms with van der Waals surface area (Å²) in [6.45, 7) is 3.07. The van der Waals surface area contributed by atoms with Crippen molar-refractivity contribution >= 4 is 39.8 Å². The third-order valence-corrected chi connectivity index (χ3v) is 7.05. The number of benzene rings is 1. The largest absolute Gasteiger partial charge is 0.364 e. The smallest absolute Gasteiger partial charge is 0.271 e. The molecule has 2 aliphatic rings. The fraction of sp³-hybridized carbons (Fsp3) is 0.375. The second kappa shape index (κ2) is 9.57. The van der Waals surface area contributed by atoms with Crippen LogP contribution in [-0.2, 0) is 0 Å². The molecule has 2 fully saturated rings. The van der Waals surface area contributed by atoms with E-state index in [1.807, 2.05) is 17.9 Å². The normalized spacial score (nSPS) is 17.8. The number of carbonyl (C=O) groups is 2. The van der Waals surface area contributed by atoms with Gasteiger partial charge in [-0.05, 0) is 56.2 Å². The predicted octanol–water partition coefficient (Wildman–Crippen LogP) is 3.50. The zero-order valence-electron chi connectivity index (χ0n) is 19.3. The van der Waals surface area contributed by atoms with Gasteiger partial charge in [-0.15, -0.1) is 11.3 Å². The highest BCUT2D eigenvalue weighted by Crippen LogP contribution is 2.40. The molecule has 4 N–H and O–H groups in total. The topological polar surface area (TPSA) is 126 Å². The number of thiazole rings is 1. The number of nitrogens with one attached hydrogen (secondary N) is 2. The molecule has 1 aromatic carbocycles. The van der Waals surface area contributed by atoms with Crippen LogP contribution in [0.25, 0.3) is 0 Å². The summed E-state index contributed by atoms with van der Waals surface area (Å²) >= 11 is 1.42. The van der Waals surface area contributed by atoms with Crippen molar-refractivity contribution in [2.75, 3.05) is 23.3 Å². The van der Waals surface area contributed by atoms with Gasteiger partial charge >= 0.3 is 0 Å². The molecule has 2 amide bonds. The SMILES string of the molecule is Cc1ncc(Nc2nc(N3CCC[C@@H](NC(=O)c4ccc(C5CC5)cc4F)C3)cnc2C(N)=O)s1. The first-order valence-corrected chi connectivity index (χ1v) is 12.4. The van der Waals surface area contributed by atoms with Gasteiger partial charge in [0, 0.05) is 19.1 Å². The van der Waals surface area contributed by atoms with Crippen LogP contribution in [0.15, 0.2) is 30.6 Å². The Labute approximate surface area is 206 Å². The summed E-state index contributed by atoms with van der Waals surface area (Å²) in [5, 5.41) is 7.63. The number of aromatic nitrogens is 3. The molecule has 11 heteroatoms. The maximum absolute atomic E-state index is 14.6. The van der Waals surface area contributed by atoms with E-state index in [1.165, 1.54) is 23.6 Å². The van der Waals surface area contributed by atoms with Gasteiger partial charge in [-0.1, -0.05) is 6.07 Å². The van der Waals surface area contributed by atoms with Gasteiger partial charge in [-0.25, -0.2) is 19.3 Å². The van der Waals surface area contributed by atoms with E-state index >= 15 is 0 Å². The summed E-state index contributed by atoms with van der Waals surface area (Å²) in [6, 6.07) is 4.72. The Morgan fingerprint density at radius 1 is 1.20 bits per heavy atom. The average molecular weight is 496 g/mol. The molecule has 3 heterocycles. The maximum Gasteiger partial charge on any atom is 0.271 e. The number of hydrogen-bond acceptors (Lipinski definition) is 8. The van der Waals surface area contributed by atoms with Gasteiger partial charge in [0.1, 0.15) is 16.6 Å². The van der Waals surface area contributed by atoms with Crippen LogP contribution in [-0.4, -0.2) is 45.9 Å². The lowest BCUT2D eigenvalue weighted by molar-refractivity contribution is 0.0927. The van der Waals surface area contributed by atoms with E-state index in [0.29, 0.717) is 24.8 Å². The Bertz CT molecular complexity index is 1280. The van der Waals surface area contributed by atoms with E-state index in [-0.39, 0.29) is 23.1 Å². The van der Waals surface area contributed by atoms with E-state index in [9.17, 15) is 14.0 Å². The predicted molar refractivity (Wildman–Crippen MR) is 132 cm³/mol. The minimum atomic E-state index is -0.689. The molecule has 182 valence electrons. The molecule has 9 nitrogen and oxygen atoms in total. The van der Waals surface area contributed by atoms with E-state index < -0.39 is 17.6 Å². The highest BCUT2D eigenvalue weighted by atomic mass is 32.1. The lowest BCUT2D eigenvalue weighted by Crippen LogP contribution is -2.48. The highest BCUT2D eigenvalue weighted by molar-refractivity contribution is 7.15. The summed E-state index contributed by atoms with van der Waals surface area (Å²) < 4.78 is 14.6. The third kappa shape index (κ3) is 5.24.